The van der Waals surface area contributed by atoms with E-state index in [0.29, 0.717) is 55.7 Å². The van der Waals surface area contributed by atoms with Gasteiger partial charge in [0.2, 0.25) is 11.8 Å². The molecule has 0 spiro atoms. The molecule has 0 radical (unpaired) electrons. The van der Waals surface area contributed by atoms with Gasteiger partial charge in [0, 0.05) is 67.3 Å². The predicted octanol–water partition coefficient (Wildman–Crippen LogP) is 5.21. The first-order valence-corrected chi connectivity index (χ1v) is 16.8. The largest absolute Gasteiger partial charge is 0.351 e. The standard InChI is InChI=1S/C39H40N6O4/c1-2-35(46)44-24-7-6-12-34(44)39(49)45(33-15-13-28(14-16-33)29-17-22-40-23-18-29)36(31-11-8-21-41-27-31)37(47)42-32-19-25-43(26-20-32)38(48)30-9-4-3-5-10-30/h2-5,8-11,13-18,21-23,27,32,34,36H,1,6-7,12,19-20,24-26H2,(H,42,47). The molecule has 2 aliphatic heterocycles. The van der Waals surface area contributed by atoms with Gasteiger partial charge >= 0.3 is 0 Å². The van der Waals surface area contributed by atoms with E-state index in [1.807, 2.05) is 59.5 Å². The van der Waals surface area contributed by atoms with Gasteiger partial charge in [0.1, 0.15) is 12.1 Å². The van der Waals surface area contributed by atoms with Crippen molar-refractivity contribution in [1.29, 1.82) is 0 Å². The molecule has 2 unspecified atom stereocenters. The average Bonchev–Trinajstić information content (AvgIpc) is 3.17. The van der Waals surface area contributed by atoms with Gasteiger partial charge in [-0.3, -0.25) is 34.0 Å². The van der Waals surface area contributed by atoms with Gasteiger partial charge in [-0.1, -0.05) is 43.0 Å². The van der Waals surface area contributed by atoms with E-state index in [0.717, 1.165) is 24.0 Å². The maximum Gasteiger partial charge on any atom is 0.253 e. The van der Waals surface area contributed by atoms with Gasteiger partial charge < -0.3 is 15.1 Å². The Bertz CT molecular complexity index is 1760. The number of hydrogen-bond acceptors (Lipinski definition) is 6. The second-order valence-corrected chi connectivity index (χ2v) is 12.4. The molecular formula is C39H40N6O4. The Balaban J connectivity index is 1.31. The highest BCUT2D eigenvalue weighted by molar-refractivity contribution is 6.05. The van der Waals surface area contributed by atoms with Crippen LogP contribution in [0.25, 0.3) is 11.1 Å². The zero-order valence-electron chi connectivity index (χ0n) is 27.4. The fourth-order valence-corrected chi connectivity index (χ4v) is 6.72. The molecule has 1 N–H and O–H groups in total. The minimum absolute atomic E-state index is 0.0308. The van der Waals surface area contributed by atoms with Crippen molar-refractivity contribution < 1.29 is 19.2 Å². The number of likely N-dealkylation sites (tertiary alicyclic amines) is 2. The summed E-state index contributed by atoms with van der Waals surface area (Å²) in [4.78, 5) is 68.6. The highest BCUT2D eigenvalue weighted by atomic mass is 16.2. The fourth-order valence-electron chi connectivity index (χ4n) is 6.72. The molecule has 49 heavy (non-hydrogen) atoms. The molecule has 2 aliphatic rings. The molecule has 2 fully saturated rings. The van der Waals surface area contributed by atoms with E-state index in [1.165, 1.54) is 11.0 Å². The lowest BCUT2D eigenvalue weighted by Gasteiger charge is -2.40. The molecule has 6 rings (SSSR count). The Morgan fingerprint density at radius 3 is 2.18 bits per heavy atom. The molecule has 250 valence electrons. The monoisotopic (exact) mass is 656 g/mol. The molecule has 0 saturated carbocycles. The summed E-state index contributed by atoms with van der Waals surface area (Å²) in [7, 11) is 0. The van der Waals surface area contributed by atoms with Crippen LogP contribution < -0.4 is 10.2 Å². The number of anilines is 1. The van der Waals surface area contributed by atoms with Gasteiger partial charge in [0.05, 0.1) is 0 Å². The van der Waals surface area contributed by atoms with Crippen molar-refractivity contribution in [3.8, 4) is 11.1 Å². The zero-order valence-corrected chi connectivity index (χ0v) is 27.4. The van der Waals surface area contributed by atoms with Crippen molar-refractivity contribution in [1.82, 2.24) is 25.1 Å². The van der Waals surface area contributed by atoms with Crippen LogP contribution in [0.5, 0.6) is 0 Å². The first-order valence-electron chi connectivity index (χ1n) is 16.8. The van der Waals surface area contributed by atoms with E-state index < -0.39 is 12.1 Å². The zero-order chi connectivity index (χ0) is 34.2. The van der Waals surface area contributed by atoms with Crippen LogP contribution in [-0.4, -0.2) is 75.1 Å². The molecule has 10 heteroatoms. The molecule has 4 amide bonds. The Kier molecular flexibility index (Phi) is 10.5. The van der Waals surface area contributed by atoms with Gasteiger partial charge in [0.15, 0.2) is 0 Å². The van der Waals surface area contributed by atoms with Crippen molar-refractivity contribution in [2.45, 2.75) is 50.2 Å². The Labute approximate surface area is 286 Å². The quantitative estimate of drug-likeness (QED) is 0.248. The Morgan fingerprint density at radius 1 is 0.796 bits per heavy atom. The number of pyridine rings is 2. The summed E-state index contributed by atoms with van der Waals surface area (Å²) in [5.74, 6) is -1.05. The number of carbonyl (C=O) groups excluding carboxylic acids is 4. The summed E-state index contributed by atoms with van der Waals surface area (Å²) in [6.45, 7) is 5.09. The maximum absolute atomic E-state index is 14.8. The molecule has 0 bridgehead atoms. The van der Waals surface area contributed by atoms with E-state index in [2.05, 4.69) is 21.9 Å². The summed E-state index contributed by atoms with van der Waals surface area (Å²) in [5.41, 5.74) is 3.59. The number of carbonyl (C=O) groups is 4. The smallest absolute Gasteiger partial charge is 0.253 e. The molecule has 4 aromatic rings. The van der Waals surface area contributed by atoms with Gasteiger partial charge in [-0.05, 0) is 91.8 Å². The summed E-state index contributed by atoms with van der Waals surface area (Å²) in [6.07, 6.45) is 11.1. The van der Waals surface area contributed by atoms with Crippen molar-refractivity contribution in [3.05, 3.63) is 127 Å². The Morgan fingerprint density at radius 2 is 1.51 bits per heavy atom. The van der Waals surface area contributed by atoms with Crippen LogP contribution in [0, 0.1) is 0 Å². The minimum Gasteiger partial charge on any atom is -0.351 e. The van der Waals surface area contributed by atoms with E-state index in [9.17, 15) is 19.2 Å². The van der Waals surface area contributed by atoms with Crippen LogP contribution in [-0.2, 0) is 14.4 Å². The minimum atomic E-state index is -1.07. The number of aromatic nitrogens is 2. The average molecular weight is 657 g/mol. The summed E-state index contributed by atoms with van der Waals surface area (Å²) in [5, 5.41) is 3.20. The van der Waals surface area contributed by atoms with Crippen molar-refractivity contribution in [3.63, 3.8) is 0 Å². The number of amides is 4. The van der Waals surface area contributed by atoms with Crippen LogP contribution in [0.2, 0.25) is 0 Å². The molecule has 4 heterocycles. The second-order valence-electron chi connectivity index (χ2n) is 12.4. The van der Waals surface area contributed by atoms with Crippen LogP contribution in [0.4, 0.5) is 5.69 Å². The van der Waals surface area contributed by atoms with Crippen LogP contribution in [0.1, 0.15) is 54.1 Å². The van der Waals surface area contributed by atoms with Crippen LogP contribution >= 0.6 is 0 Å². The highest BCUT2D eigenvalue weighted by Gasteiger charge is 2.41. The SMILES string of the molecule is C=CC(=O)N1CCCCC1C(=O)N(c1ccc(-c2ccncc2)cc1)C(C(=O)NC1CCN(C(=O)c2ccccc2)CC1)c1cccnc1. The summed E-state index contributed by atoms with van der Waals surface area (Å²) < 4.78 is 0. The molecule has 2 aromatic heterocycles. The lowest BCUT2D eigenvalue weighted by atomic mass is 9.96. The third-order valence-electron chi connectivity index (χ3n) is 9.30. The molecular weight excluding hydrogens is 616 g/mol. The van der Waals surface area contributed by atoms with Crippen molar-refractivity contribution >= 4 is 29.3 Å². The lowest BCUT2D eigenvalue weighted by Crippen LogP contribution is -2.56. The van der Waals surface area contributed by atoms with Gasteiger partial charge in [-0.2, -0.15) is 0 Å². The van der Waals surface area contributed by atoms with E-state index in [1.54, 1.807) is 54.0 Å². The lowest BCUT2D eigenvalue weighted by molar-refractivity contribution is -0.138. The number of nitrogens with one attached hydrogen (secondary N) is 1. The van der Waals surface area contributed by atoms with Crippen molar-refractivity contribution in [2.75, 3.05) is 24.5 Å². The first kappa shape index (κ1) is 33.3. The molecule has 0 aliphatic carbocycles. The fraction of sp³-hybridized carbons (Fsp3) is 0.282. The van der Waals surface area contributed by atoms with E-state index in [-0.39, 0.29) is 29.7 Å². The van der Waals surface area contributed by atoms with Gasteiger partial charge in [0.25, 0.3) is 11.8 Å². The Hall–Kier alpha value is -5.64. The van der Waals surface area contributed by atoms with Gasteiger partial charge in [-0.15, -0.1) is 0 Å². The third kappa shape index (κ3) is 7.59. The molecule has 2 aromatic carbocycles. The van der Waals surface area contributed by atoms with Crippen LogP contribution in [0.15, 0.2) is 116 Å². The van der Waals surface area contributed by atoms with Crippen LogP contribution in [0.3, 0.4) is 0 Å². The van der Waals surface area contributed by atoms with E-state index in [4.69, 9.17) is 0 Å². The number of rotatable bonds is 9. The number of piperidine rings is 2. The second kappa shape index (κ2) is 15.5. The maximum atomic E-state index is 14.8. The normalized spacial score (nSPS) is 17.1. The molecule has 2 saturated heterocycles. The third-order valence-corrected chi connectivity index (χ3v) is 9.30. The highest BCUT2D eigenvalue weighted by Crippen LogP contribution is 2.33. The predicted molar refractivity (Wildman–Crippen MR) is 187 cm³/mol. The van der Waals surface area contributed by atoms with Gasteiger partial charge in [-0.25, -0.2) is 0 Å². The summed E-state index contributed by atoms with van der Waals surface area (Å²) >= 11 is 0. The molecule has 2 atom stereocenters. The van der Waals surface area contributed by atoms with E-state index >= 15 is 0 Å². The topological polar surface area (TPSA) is 116 Å². The number of nitrogens with zero attached hydrogens (tertiary/aromatic N) is 5. The number of hydrogen-bond donors (Lipinski definition) is 1. The summed E-state index contributed by atoms with van der Waals surface area (Å²) in [6, 6.07) is 22.0. The number of benzene rings is 2. The first-order chi connectivity index (χ1) is 23.9. The van der Waals surface area contributed by atoms with Crippen molar-refractivity contribution in [2.24, 2.45) is 0 Å². The molecule has 10 nitrogen and oxygen atoms in total.